The van der Waals surface area contributed by atoms with Gasteiger partial charge in [0.2, 0.25) is 0 Å². The highest BCUT2D eigenvalue weighted by Gasteiger charge is 2.31. The van der Waals surface area contributed by atoms with Crippen LogP contribution in [0.25, 0.3) is 11.3 Å². The first-order valence-corrected chi connectivity index (χ1v) is 9.84. The molecule has 0 amide bonds. The summed E-state index contributed by atoms with van der Waals surface area (Å²) >= 11 is 6.76. The van der Waals surface area contributed by atoms with Gasteiger partial charge >= 0.3 is 5.69 Å². The molecule has 4 rings (SSSR count). The first-order chi connectivity index (χ1) is 13.1. The Kier molecular flexibility index (Phi) is 5.19. The summed E-state index contributed by atoms with van der Waals surface area (Å²) in [5.74, 6) is 0. The molecule has 1 fully saturated rings. The molecule has 1 aliphatic heterocycles. The summed E-state index contributed by atoms with van der Waals surface area (Å²) in [4.78, 5) is 18.1. The van der Waals surface area contributed by atoms with Gasteiger partial charge in [0, 0.05) is 25.3 Å². The Morgan fingerprint density at radius 1 is 1.07 bits per heavy atom. The van der Waals surface area contributed by atoms with Gasteiger partial charge < -0.3 is 4.98 Å². The van der Waals surface area contributed by atoms with E-state index in [1.165, 1.54) is 5.56 Å². The molecule has 1 aliphatic rings. The first kappa shape index (κ1) is 18.1. The van der Waals surface area contributed by atoms with Crippen LogP contribution < -0.4 is 5.69 Å². The summed E-state index contributed by atoms with van der Waals surface area (Å²) in [6, 6.07) is 20.4. The molecular weight excluding hydrogens is 358 g/mol. The van der Waals surface area contributed by atoms with E-state index in [2.05, 4.69) is 34.1 Å². The highest BCUT2D eigenvalue weighted by molar-refractivity contribution is 6.21. The fourth-order valence-electron chi connectivity index (χ4n) is 4.05. The topological polar surface area (TPSA) is 41.0 Å². The van der Waals surface area contributed by atoms with Crippen molar-refractivity contribution in [1.82, 2.24) is 14.5 Å². The number of alkyl halides is 1. The SMILES string of the molecule is Cc1c(-c2ccccc2)[nH]c(=O)n1C1CCN(Cc2ccccc2)CC1Cl. The smallest absolute Gasteiger partial charge is 0.305 e. The number of piperidine rings is 1. The largest absolute Gasteiger partial charge is 0.326 e. The highest BCUT2D eigenvalue weighted by atomic mass is 35.5. The Bertz CT molecular complexity index is 949. The molecule has 140 valence electrons. The molecule has 1 aromatic heterocycles. The number of benzene rings is 2. The molecule has 2 unspecified atom stereocenters. The van der Waals surface area contributed by atoms with Gasteiger partial charge in [0.1, 0.15) is 0 Å². The molecule has 0 saturated carbocycles. The molecule has 4 nitrogen and oxygen atoms in total. The molecule has 1 saturated heterocycles. The number of hydrogen-bond donors (Lipinski definition) is 1. The van der Waals surface area contributed by atoms with Crippen LogP contribution in [-0.4, -0.2) is 32.9 Å². The van der Waals surface area contributed by atoms with Crippen LogP contribution >= 0.6 is 11.6 Å². The van der Waals surface area contributed by atoms with Gasteiger partial charge in [0.15, 0.2) is 0 Å². The zero-order chi connectivity index (χ0) is 18.8. The monoisotopic (exact) mass is 381 g/mol. The second-order valence-electron chi connectivity index (χ2n) is 7.22. The number of nitrogens with one attached hydrogen (secondary N) is 1. The van der Waals surface area contributed by atoms with Crippen LogP contribution in [0.3, 0.4) is 0 Å². The Morgan fingerprint density at radius 2 is 1.74 bits per heavy atom. The predicted octanol–water partition coefficient (Wildman–Crippen LogP) is 4.21. The van der Waals surface area contributed by atoms with Gasteiger partial charge in [-0.25, -0.2) is 4.79 Å². The fraction of sp³-hybridized carbons (Fsp3) is 0.318. The van der Waals surface area contributed by atoms with Crippen LogP contribution in [0, 0.1) is 6.92 Å². The van der Waals surface area contributed by atoms with Crippen molar-refractivity contribution in [2.75, 3.05) is 13.1 Å². The van der Waals surface area contributed by atoms with Gasteiger partial charge in [0.05, 0.1) is 17.1 Å². The maximum Gasteiger partial charge on any atom is 0.326 e. The molecule has 0 radical (unpaired) electrons. The number of aromatic nitrogens is 2. The zero-order valence-electron chi connectivity index (χ0n) is 15.4. The molecular formula is C22H24ClN3O. The van der Waals surface area contributed by atoms with Gasteiger partial charge in [-0.15, -0.1) is 11.6 Å². The third-order valence-electron chi connectivity index (χ3n) is 5.41. The second kappa shape index (κ2) is 7.75. The van der Waals surface area contributed by atoms with Crippen molar-refractivity contribution in [2.24, 2.45) is 0 Å². The summed E-state index contributed by atoms with van der Waals surface area (Å²) < 4.78 is 1.86. The third-order valence-corrected chi connectivity index (χ3v) is 5.84. The molecule has 0 aliphatic carbocycles. The highest BCUT2D eigenvalue weighted by Crippen LogP contribution is 2.30. The first-order valence-electron chi connectivity index (χ1n) is 9.40. The normalized spacial score (nSPS) is 20.7. The maximum absolute atomic E-state index is 12.7. The molecule has 3 aromatic rings. The molecule has 0 bridgehead atoms. The van der Waals surface area contributed by atoms with E-state index in [-0.39, 0.29) is 17.1 Å². The van der Waals surface area contributed by atoms with Gasteiger partial charge in [-0.05, 0) is 24.5 Å². The average Bonchev–Trinajstić information content (AvgIpc) is 2.98. The molecule has 0 spiro atoms. The summed E-state index contributed by atoms with van der Waals surface area (Å²) in [5.41, 5.74) is 4.09. The molecule has 27 heavy (non-hydrogen) atoms. The molecule has 2 heterocycles. The van der Waals surface area contributed by atoms with E-state index in [4.69, 9.17) is 11.6 Å². The minimum absolute atomic E-state index is 0.0138. The minimum atomic E-state index is -0.0988. The maximum atomic E-state index is 12.7. The number of likely N-dealkylation sites (tertiary alicyclic amines) is 1. The van der Waals surface area contributed by atoms with E-state index >= 15 is 0 Å². The van der Waals surface area contributed by atoms with Gasteiger partial charge in [-0.3, -0.25) is 9.47 Å². The fourth-order valence-corrected chi connectivity index (χ4v) is 4.48. The van der Waals surface area contributed by atoms with E-state index in [1.807, 2.05) is 47.9 Å². The molecule has 5 heteroatoms. The van der Waals surface area contributed by atoms with Crippen LogP contribution in [0.4, 0.5) is 0 Å². The van der Waals surface area contributed by atoms with Crippen molar-refractivity contribution in [3.8, 4) is 11.3 Å². The minimum Gasteiger partial charge on any atom is -0.305 e. The van der Waals surface area contributed by atoms with Crippen molar-refractivity contribution < 1.29 is 0 Å². The lowest BCUT2D eigenvalue weighted by Crippen LogP contribution is -2.44. The summed E-state index contributed by atoms with van der Waals surface area (Å²) in [6.45, 7) is 4.60. The van der Waals surface area contributed by atoms with E-state index in [1.54, 1.807) is 0 Å². The Morgan fingerprint density at radius 3 is 2.41 bits per heavy atom. The van der Waals surface area contributed by atoms with Crippen LogP contribution in [0.2, 0.25) is 0 Å². The van der Waals surface area contributed by atoms with Crippen LogP contribution in [-0.2, 0) is 6.54 Å². The van der Waals surface area contributed by atoms with E-state index in [0.717, 1.165) is 43.0 Å². The van der Waals surface area contributed by atoms with E-state index in [9.17, 15) is 4.79 Å². The standard InChI is InChI=1S/C22H24ClN3O/c1-16-21(18-10-6-3-7-11-18)24-22(27)26(16)20-12-13-25(15-19(20)23)14-17-8-4-2-5-9-17/h2-11,19-20H,12-15H2,1H3,(H,24,27). The Labute approximate surface area is 164 Å². The number of imidazole rings is 1. The number of halogens is 1. The van der Waals surface area contributed by atoms with E-state index < -0.39 is 0 Å². The number of hydrogen-bond acceptors (Lipinski definition) is 2. The number of aromatic amines is 1. The van der Waals surface area contributed by atoms with Gasteiger partial charge in [0.25, 0.3) is 0 Å². The zero-order valence-corrected chi connectivity index (χ0v) is 16.2. The summed E-state index contributed by atoms with van der Waals surface area (Å²) in [6.07, 6.45) is 0.869. The van der Waals surface area contributed by atoms with Gasteiger partial charge in [-0.2, -0.15) is 0 Å². The van der Waals surface area contributed by atoms with Crippen molar-refractivity contribution in [2.45, 2.75) is 31.3 Å². The molecule has 2 atom stereocenters. The number of H-pyrrole nitrogens is 1. The predicted molar refractivity (Wildman–Crippen MR) is 110 cm³/mol. The number of nitrogens with zero attached hydrogens (tertiary/aromatic N) is 2. The lowest BCUT2D eigenvalue weighted by atomic mass is 10.0. The third kappa shape index (κ3) is 3.73. The van der Waals surface area contributed by atoms with Crippen LogP contribution in [0.1, 0.15) is 23.7 Å². The van der Waals surface area contributed by atoms with Gasteiger partial charge in [-0.1, -0.05) is 60.7 Å². The Balaban J connectivity index is 1.53. The van der Waals surface area contributed by atoms with E-state index in [0.29, 0.717) is 0 Å². The van der Waals surface area contributed by atoms with Crippen LogP contribution in [0.5, 0.6) is 0 Å². The summed E-state index contributed by atoms with van der Waals surface area (Å²) in [7, 11) is 0. The molecule has 1 N–H and O–H groups in total. The van der Waals surface area contributed by atoms with Crippen molar-refractivity contribution >= 4 is 11.6 Å². The average molecular weight is 382 g/mol. The molecule has 2 aromatic carbocycles. The quantitative estimate of drug-likeness (QED) is 0.688. The van der Waals surface area contributed by atoms with Crippen molar-refractivity contribution in [3.05, 3.63) is 82.4 Å². The lowest BCUT2D eigenvalue weighted by molar-refractivity contribution is 0.181. The number of rotatable bonds is 4. The van der Waals surface area contributed by atoms with Crippen molar-refractivity contribution in [3.63, 3.8) is 0 Å². The van der Waals surface area contributed by atoms with Crippen LogP contribution in [0.15, 0.2) is 65.5 Å². The Hall–Kier alpha value is -2.30. The van der Waals surface area contributed by atoms with Crippen molar-refractivity contribution in [1.29, 1.82) is 0 Å². The lowest BCUT2D eigenvalue weighted by Gasteiger charge is -2.36. The second-order valence-corrected chi connectivity index (χ2v) is 7.78. The summed E-state index contributed by atoms with van der Waals surface area (Å²) in [5, 5.41) is -0.0988.